The molecule has 2 aromatic carbocycles. The van der Waals surface area contributed by atoms with Gasteiger partial charge in [0.05, 0.1) is 18.2 Å². The van der Waals surface area contributed by atoms with Gasteiger partial charge >= 0.3 is 0 Å². The molecule has 4 rings (SSSR count). The summed E-state index contributed by atoms with van der Waals surface area (Å²) in [5.74, 6) is 7.67. The van der Waals surface area contributed by atoms with Crippen LogP contribution in [0.15, 0.2) is 61.8 Å². The van der Waals surface area contributed by atoms with E-state index >= 15 is 0 Å². The van der Waals surface area contributed by atoms with Crippen molar-refractivity contribution in [1.82, 2.24) is 15.5 Å². The molecule has 0 unspecified atom stereocenters. The van der Waals surface area contributed by atoms with Crippen LogP contribution in [0.5, 0.6) is 0 Å². The number of hydrogen-bond donors (Lipinski definition) is 3. The summed E-state index contributed by atoms with van der Waals surface area (Å²) in [5, 5.41) is 13.5. The van der Waals surface area contributed by atoms with Crippen molar-refractivity contribution in [2.24, 2.45) is 5.92 Å². The van der Waals surface area contributed by atoms with E-state index in [9.17, 15) is 0 Å². The van der Waals surface area contributed by atoms with E-state index in [1.54, 1.807) is 6.11 Å². The van der Waals surface area contributed by atoms with Crippen LogP contribution >= 0.6 is 0 Å². The zero-order chi connectivity index (χ0) is 26.7. The van der Waals surface area contributed by atoms with Crippen molar-refractivity contribution < 1.29 is 9.84 Å². The van der Waals surface area contributed by atoms with E-state index in [-0.39, 0.29) is 5.54 Å². The molecule has 2 aliphatic rings. The van der Waals surface area contributed by atoms with Gasteiger partial charge in [-0.05, 0) is 74.0 Å². The molecule has 194 valence electrons. The minimum absolute atomic E-state index is 0.336. The minimum Gasteiger partial charge on any atom is -0.461 e. The lowest BCUT2D eigenvalue weighted by atomic mass is 10.0. The quantitative estimate of drug-likeness (QED) is 0.336. The number of benzene rings is 2. The van der Waals surface area contributed by atoms with Gasteiger partial charge in [-0.25, -0.2) is 0 Å². The van der Waals surface area contributed by atoms with E-state index in [2.05, 4.69) is 103 Å². The molecule has 0 spiro atoms. The summed E-state index contributed by atoms with van der Waals surface area (Å²) in [4.78, 5) is 2.34. The molecule has 0 saturated heterocycles. The number of aliphatic hydroxyl groups is 1. The second-order valence-electron chi connectivity index (χ2n) is 9.72. The Hall–Kier alpha value is -3.64. The van der Waals surface area contributed by atoms with Gasteiger partial charge in [-0.15, -0.1) is 0 Å². The summed E-state index contributed by atoms with van der Waals surface area (Å²) in [6.45, 7) is 15.2. The van der Waals surface area contributed by atoms with E-state index in [0.717, 1.165) is 43.3 Å². The van der Waals surface area contributed by atoms with E-state index in [4.69, 9.17) is 9.84 Å². The first-order valence-corrected chi connectivity index (χ1v) is 12.9. The van der Waals surface area contributed by atoms with Gasteiger partial charge in [0.1, 0.15) is 6.11 Å². The van der Waals surface area contributed by atoms with Crippen LogP contribution in [0.4, 0.5) is 0 Å². The molecule has 1 saturated carbocycles. The van der Waals surface area contributed by atoms with Crippen LogP contribution in [-0.4, -0.2) is 35.7 Å². The van der Waals surface area contributed by atoms with Crippen molar-refractivity contribution in [3.05, 3.63) is 89.6 Å². The van der Waals surface area contributed by atoms with Gasteiger partial charge < -0.3 is 25.4 Å². The predicted octanol–water partition coefficient (Wildman–Crippen LogP) is 5.00. The Morgan fingerprint density at radius 3 is 2.68 bits per heavy atom. The molecule has 1 heterocycles. The summed E-state index contributed by atoms with van der Waals surface area (Å²) in [7, 11) is 1.98. The molecule has 0 radical (unpaired) electrons. The number of aryl methyl sites for hydroxylation is 1. The molecule has 1 aliphatic carbocycles. The van der Waals surface area contributed by atoms with Crippen molar-refractivity contribution in [2.75, 3.05) is 20.2 Å². The second kappa shape index (κ2) is 13.6. The molecular weight excluding hydrogens is 458 g/mol. The zero-order valence-corrected chi connectivity index (χ0v) is 22.4. The van der Waals surface area contributed by atoms with Crippen LogP contribution in [0.1, 0.15) is 54.5 Å². The van der Waals surface area contributed by atoms with Gasteiger partial charge in [-0.3, -0.25) is 0 Å². The summed E-state index contributed by atoms with van der Waals surface area (Å²) in [5.41, 5.74) is 6.98. The Morgan fingerprint density at radius 1 is 1.22 bits per heavy atom. The lowest BCUT2D eigenvalue weighted by Gasteiger charge is -2.31. The SMILES string of the molecule is C=C1c2cc(CC)ccc2CN1C[C@@](C)(C#Cc1cccc(COCC2CC2)c1)NC.C=CNC#CO. The standard InChI is InChI=1S/C28H34N2O.C4H5NO/c1-5-22-11-12-26-17-30(21(2)27(26)16-22)20-28(3,29-4)14-13-23-7-6-8-25(15-23)19-31-18-24-9-10-24;1-2-5-3-4-6/h6-8,11-12,15-16,24,29H,2,5,9-10,17-20H2,1,3-4H3;2,5-6H,1H2/t28-;/m1./s1. The molecule has 0 amide bonds. The average molecular weight is 498 g/mol. The number of nitrogens with one attached hydrogen (secondary N) is 2. The maximum Gasteiger partial charge on any atom is 0.131 e. The molecule has 0 aromatic heterocycles. The number of ether oxygens (including phenoxy) is 1. The van der Waals surface area contributed by atoms with Crippen LogP contribution in [0.2, 0.25) is 0 Å². The Labute approximate surface area is 222 Å². The van der Waals surface area contributed by atoms with Crippen molar-refractivity contribution in [2.45, 2.75) is 51.8 Å². The second-order valence-corrected chi connectivity index (χ2v) is 9.72. The lowest BCUT2D eigenvalue weighted by molar-refractivity contribution is 0.111. The Balaban J connectivity index is 0.000000568. The first kappa shape index (κ1) is 27.9. The molecule has 5 heteroatoms. The molecule has 2 aromatic rings. The van der Waals surface area contributed by atoms with E-state index in [1.165, 1.54) is 41.3 Å². The first-order valence-electron chi connectivity index (χ1n) is 12.9. The Bertz CT molecular complexity index is 1210. The maximum atomic E-state index is 7.73. The average Bonchev–Trinajstić information content (AvgIpc) is 3.70. The number of likely N-dealkylation sites (N-methyl/N-ethyl adjacent to an activating group) is 1. The first-order chi connectivity index (χ1) is 17.9. The van der Waals surface area contributed by atoms with Gasteiger partial charge in [0.2, 0.25) is 0 Å². The van der Waals surface area contributed by atoms with Crippen molar-refractivity contribution in [3.63, 3.8) is 0 Å². The van der Waals surface area contributed by atoms with Gasteiger partial charge in [0, 0.05) is 42.7 Å². The summed E-state index contributed by atoms with van der Waals surface area (Å²) >= 11 is 0. The topological polar surface area (TPSA) is 56.8 Å². The van der Waals surface area contributed by atoms with E-state index < -0.39 is 0 Å². The third-order valence-corrected chi connectivity index (χ3v) is 6.65. The highest BCUT2D eigenvalue weighted by molar-refractivity contribution is 5.69. The highest BCUT2D eigenvalue weighted by Gasteiger charge is 2.29. The van der Waals surface area contributed by atoms with Gasteiger partial charge in [-0.2, -0.15) is 0 Å². The highest BCUT2D eigenvalue weighted by Crippen LogP contribution is 2.33. The highest BCUT2D eigenvalue weighted by atomic mass is 16.5. The van der Waals surface area contributed by atoms with Crippen molar-refractivity contribution >= 4 is 5.70 Å². The minimum atomic E-state index is -0.336. The van der Waals surface area contributed by atoms with Crippen LogP contribution < -0.4 is 10.6 Å². The smallest absolute Gasteiger partial charge is 0.131 e. The fraction of sp³-hybridized carbons (Fsp3) is 0.375. The maximum absolute atomic E-state index is 7.73. The van der Waals surface area contributed by atoms with Crippen LogP contribution in [0, 0.1) is 29.9 Å². The molecular formula is C32H39N3O2. The molecule has 37 heavy (non-hydrogen) atoms. The van der Waals surface area contributed by atoms with E-state index in [0.29, 0.717) is 6.61 Å². The van der Waals surface area contributed by atoms with E-state index in [1.807, 2.05) is 7.05 Å². The molecule has 5 nitrogen and oxygen atoms in total. The fourth-order valence-corrected chi connectivity index (χ4v) is 4.10. The van der Waals surface area contributed by atoms with Crippen molar-refractivity contribution in [1.29, 1.82) is 0 Å². The lowest BCUT2D eigenvalue weighted by Crippen LogP contribution is -2.47. The van der Waals surface area contributed by atoms with Crippen LogP contribution in [0.25, 0.3) is 5.70 Å². The predicted molar refractivity (Wildman–Crippen MR) is 151 cm³/mol. The number of rotatable bonds is 9. The zero-order valence-electron chi connectivity index (χ0n) is 22.4. The van der Waals surface area contributed by atoms with Gasteiger partial charge in [-0.1, -0.05) is 56.2 Å². The van der Waals surface area contributed by atoms with Crippen molar-refractivity contribution in [3.8, 4) is 24.0 Å². The third-order valence-electron chi connectivity index (χ3n) is 6.65. The largest absolute Gasteiger partial charge is 0.461 e. The molecule has 3 N–H and O–H groups in total. The third kappa shape index (κ3) is 8.46. The van der Waals surface area contributed by atoms with Crippen LogP contribution in [-0.2, 0) is 24.3 Å². The molecule has 0 bridgehead atoms. The Kier molecular flexibility index (Phi) is 10.3. The molecule has 1 aliphatic heterocycles. The summed E-state index contributed by atoms with van der Waals surface area (Å²) in [6, 6.07) is 17.3. The van der Waals surface area contributed by atoms with Gasteiger partial charge in [0.15, 0.2) is 0 Å². The molecule has 1 atom stereocenters. The summed E-state index contributed by atoms with van der Waals surface area (Å²) < 4.78 is 5.84. The number of aliphatic hydroxyl groups excluding tert-OH is 1. The normalized spacial score (nSPS) is 15.1. The van der Waals surface area contributed by atoms with Crippen LogP contribution in [0.3, 0.4) is 0 Å². The Morgan fingerprint density at radius 2 is 2.03 bits per heavy atom. The fourth-order valence-electron chi connectivity index (χ4n) is 4.10. The number of hydrogen-bond acceptors (Lipinski definition) is 5. The monoisotopic (exact) mass is 497 g/mol. The number of fused-ring (bicyclic) bond motifs is 1. The van der Waals surface area contributed by atoms with Gasteiger partial charge in [0.25, 0.3) is 0 Å². The summed E-state index contributed by atoms with van der Waals surface area (Å²) in [6.07, 6.45) is 6.70. The number of nitrogens with zero attached hydrogens (tertiary/aromatic N) is 1. The molecule has 1 fully saturated rings.